The molecule has 5 aromatic rings. The highest BCUT2D eigenvalue weighted by Crippen LogP contribution is 2.31. The van der Waals surface area contributed by atoms with Crippen LogP contribution in [0.3, 0.4) is 0 Å². The molecule has 0 saturated heterocycles. The van der Waals surface area contributed by atoms with Crippen molar-refractivity contribution in [1.29, 1.82) is 0 Å². The average molecular weight is 552 g/mol. The number of nitrogens with two attached hydrogens (primary N) is 1. The molecule has 5 N–H and O–H groups in total. The minimum absolute atomic E-state index is 0.0285. The summed E-state index contributed by atoms with van der Waals surface area (Å²) in [5, 5.41) is 13.5. The maximum Gasteiger partial charge on any atom is 0.417 e. The average Bonchev–Trinajstić information content (AvgIpc) is 3.30. The molecule has 0 aliphatic heterocycles. The van der Waals surface area contributed by atoms with Gasteiger partial charge in [-0.05, 0) is 41.0 Å². The number of H-pyrrole nitrogens is 1. The maximum absolute atomic E-state index is 13.4. The first kappa shape index (κ1) is 26.0. The Hall–Kier alpha value is -4.64. The van der Waals surface area contributed by atoms with E-state index in [2.05, 4.69) is 30.8 Å². The zero-order chi connectivity index (χ0) is 27.6. The highest BCUT2D eigenvalue weighted by Gasteiger charge is 2.32. The van der Waals surface area contributed by atoms with Crippen LogP contribution in [0.2, 0.25) is 5.02 Å². The number of aromatic nitrogens is 4. The lowest BCUT2D eigenvalue weighted by Crippen LogP contribution is -2.25. The van der Waals surface area contributed by atoms with Gasteiger partial charge in [0.15, 0.2) is 11.5 Å². The topological polar surface area (TPSA) is 122 Å². The zero-order valence-corrected chi connectivity index (χ0v) is 20.9. The number of hydrogen-bond acceptors (Lipinski definition) is 6. The van der Waals surface area contributed by atoms with Crippen molar-refractivity contribution in [3.8, 4) is 11.1 Å². The van der Waals surface area contributed by atoms with Gasteiger partial charge in [0.25, 0.3) is 5.91 Å². The maximum atomic E-state index is 13.4. The highest BCUT2D eigenvalue weighted by molar-refractivity contribution is 6.30. The molecule has 0 radical (unpaired) electrons. The summed E-state index contributed by atoms with van der Waals surface area (Å²) in [7, 11) is 0. The van der Waals surface area contributed by atoms with E-state index in [9.17, 15) is 18.0 Å². The van der Waals surface area contributed by atoms with Crippen LogP contribution < -0.4 is 16.4 Å². The largest absolute Gasteiger partial charge is 0.417 e. The Balaban J connectivity index is 1.32. The molecular formula is C27H21ClF3N7O. The Labute approximate surface area is 225 Å². The number of aromatic amines is 1. The second-order valence-electron chi connectivity index (χ2n) is 8.71. The van der Waals surface area contributed by atoms with Gasteiger partial charge in [0.1, 0.15) is 5.82 Å². The second kappa shape index (κ2) is 10.6. The van der Waals surface area contributed by atoms with Crippen molar-refractivity contribution < 1.29 is 18.0 Å². The third-order valence-electron chi connectivity index (χ3n) is 5.99. The van der Waals surface area contributed by atoms with Crippen LogP contribution in [0.1, 0.15) is 27.0 Å². The van der Waals surface area contributed by atoms with Gasteiger partial charge in [-0.25, -0.2) is 9.97 Å². The number of pyridine rings is 2. The lowest BCUT2D eigenvalue weighted by Gasteiger charge is -2.15. The Bertz CT molecular complexity index is 1650. The Kier molecular flexibility index (Phi) is 7.07. The van der Waals surface area contributed by atoms with Crippen molar-refractivity contribution in [1.82, 2.24) is 25.5 Å². The van der Waals surface area contributed by atoms with Crippen LogP contribution in [-0.4, -0.2) is 26.1 Å². The second-order valence-corrected chi connectivity index (χ2v) is 9.15. The van der Waals surface area contributed by atoms with Gasteiger partial charge in [-0.3, -0.25) is 9.89 Å². The van der Waals surface area contributed by atoms with E-state index in [1.54, 1.807) is 30.5 Å². The van der Waals surface area contributed by atoms with Crippen molar-refractivity contribution >= 4 is 40.2 Å². The molecule has 0 fully saturated rings. The van der Waals surface area contributed by atoms with E-state index in [0.717, 1.165) is 22.8 Å². The third-order valence-corrected chi connectivity index (χ3v) is 6.23. The van der Waals surface area contributed by atoms with Gasteiger partial charge in [0, 0.05) is 36.1 Å². The number of carbonyl (C=O) groups excluding carboxylic acids is 1. The fourth-order valence-electron chi connectivity index (χ4n) is 3.94. The first-order valence-corrected chi connectivity index (χ1v) is 12.1. The van der Waals surface area contributed by atoms with E-state index in [4.69, 9.17) is 17.3 Å². The molecule has 1 amide bonds. The smallest absolute Gasteiger partial charge is 0.382 e. The number of halogens is 4. The van der Waals surface area contributed by atoms with Crippen LogP contribution in [-0.2, 0) is 19.3 Å². The van der Waals surface area contributed by atoms with Crippen LogP contribution in [0.25, 0.3) is 22.2 Å². The number of nitrogen functional groups attached to an aromatic ring is 1. The van der Waals surface area contributed by atoms with E-state index in [0.29, 0.717) is 33.6 Å². The number of nitrogens with one attached hydrogen (secondary N) is 3. The molecule has 0 aliphatic carbocycles. The van der Waals surface area contributed by atoms with Gasteiger partial charge in [-0.15, -0.1) is 0 Å². The van der Waals surface area contributed by atoms with Crippen LogP contribution in [0, 0.1) is 0 Å². The van der Waals surface area contributed by atoms with Crippen molar-refractivity contribution in [3.63, 3.8) is 0 Å². The molecular weight excluding hydrogens is 531 g/mol. The number of amides is 1. The fourth-order valence-corrected chi connectivity index (χ4v) is 4.15. The van der Waals surface area contributed by atoms with Gasteiger partial charge in [0.05, 0.1) is 16.5 Å². The molecule has 2 aromatic carbocycles. The summed E-state index contributed by atoms with van der Waals surface area (Å²) in [5.74, 6) is -0.315. The molecule has 12 heteroatoms. The summed E-state index contributed by atoms with van der Waals surface area (Å²) < 4.78 is 40.1. The number of anilines is 2. The minimum Gasteiger partial charge on any atom is -0.382 e. The summed E-state index contributed by atoms with van der Waals surface area (Å²) >= 11 is 5.97. The van der Waals surface area contributed by atoms with Crippen LogP contribution in [0.4, 0.5) is 24.8 Å². The zero-order valence-electron chi connectivity index (χ0n) is 20.2. The minimum atomic E-state index is -4.65. The van der Waals surface area contributed by atoms with Crippen molar-refractivity contribution in [2.24, 2.45) is 0 Å². The fraction of sp³-hybridized carbons (Fsp3) is 0.111. The standard InChI is InChI=1S/C27H21ClF3N7O/c28-20-3-1-2-16(8-20)12-36-26(39)22-10-19(27(29,30)31)14-35-24(22)33-11-15-4-6-17(7-5-15)18-9-21-23(32)37-38-25(21)34-13-18/h1-10,13-14H,11-12H2,(H,33,35)(H,36,39)(H3,32,34,37,38). The molecule has 0 spiro atoms. The van der Waals surface area contributed by atoms with E-state index >= 15 is 0 Å². The van der Waals surface area contributed by atoms with Gasteiger partial charge in [-0.1, -0.05) is 48.0 Å². The third kappa shape index (κ3) is 5.93. The van der Waals surface area contributed by atoms with Crippen LogP contribution in [0.5, 0.6) is 0 Å². The molecule has 39 heavy (non-hydrogen) atoms. The molecule has 3 heterocycles. The molecule has 5 rings (SSSR count). The number of alkyl halides is 3. The SMILES string of the molecule is Nc1n[nH]c2ncc(-c3ccc(CNc4ncc(C(F)(F)F)cc4C(=O)NCc4cccc(Cl)c4)cc3)cc12. The van der Waals surface area contributed by atoms with E-state index in [-0.39, 0.29) is 24.5 Å². The number of benzene rings is 2. The normalized spacial score (nSPS) is 11.5. The number of hydrogen-bond donors (Lipinski definition) is 4. The van der Waals surface area contributed by atoms with Crippen LogP contribution >= 0.6 is 11.6 Å². The van der Waals surface area contributed by atoms with Crippen molar-refractivity contribution in [3.05, 3.63) is 100 Å². The number of fused-ring (bicyclic) bond motifs is 1. The lowest BCUT2D eigenvalue weighted by atomic mass is 10.0. The van der Waals surface area contributed by atoms with E-state index in [1.165, 1.54) is 0 Å². The molecule has 198 valence electrons. The van der Waals surface area contributed by atoms with E-state index < -0.39 is 17.6 Å². The monoisotopic (exact) mass is 551 g/mol. The van der Waals surface area contributed by atoms with E-state index in [1.807, 2.05) is 30.3 Å². The van der Waals surface area contributed by atoms with Crippen LogP contribution in [0.15, 0.2) is 73.1 Å². The summed E-state index contributed by atoms with van der Waals surface area (Å²) in [4.78, 5) is 21.1. The highest BCUT2D eigenvalue weighted by atomic mass is 35.5. The number of carbonyl (C=O) groups is 1. The Morgan fingerprint density at radius 3 is 2.49 bits per heavy atom. The van der Waals surface area contributed by atoms with Crippen molar-refractivity contribution in [2.45, 2.75) is 19.3 Å². The van der Waals surface area contributed by atoms with Gasteiger partial charge < -0.3 is 16.4 Å². The van der Waals surface area contributed by atoms with Gasteiger partial charge >= 0.3 is 6.18 Å². The molecule has 0 bridgehead atoms. The summed E-state index contributed by atoms with van der Waals surface area (Å²) in [6.45, 7) is 0.306. The first-order chi connectivity index (χ1) is 18.7. The van der Waals surface area contributed by atoms with Gasteiger partial charge in [-0.2, -0.15) is 18.3 Å². The lowest BCUT2D eigenvalue weighted by molar-refractivity contribution is -0.137. The first-order valence-electron chi connectivity index (χ1n) is 11.7. The number of nitrogens with zero attached hydrogens (tertiary/aromatic N) is 3. The predicted molar refractivity (Wildman–Crippen MR) is 143 cm³/mol. The molecule has 8 nitrogen and oxygen atoms in total. The molecule has 0 aliphatic rings. The predicted octanol–water partition coefficient (Wildman–Crippen LogP) is 5.82. The summed E-state index contributed by atoms with van der Waals surface area (Å²) in [6.07, 6.45) is -2.25. The Morgan fingerprint density at radius 1 is 0.949 bits per heavy atom. The van der Waals surface area contributed by atoms with Gasteiger partial charge in [0.2, 0.25) is 0 Å². The Morgan fingerprint density at radius 2 is 1.74 bits per heavy atom. The number of rotatable bonds is 7. The molecule has 0 saturated carbocycles. The summed E-state index contributed by atoms with van der Waals surface area (Å²) in [5.41, 5.74) is 8.48. The van der Waals surface area contributed by atoms with Crippen molar-refractivity contribution in [2.75, 3.05) is 11.1 Å². The quantitative estimate of drug-likeness (QED) is 0.202. The molecule has 0 atom stereocenters. The molecule has 0 unspecified atom stereocenters. The summed E-state index contributed by atoms with van der Waals surface area (Å²) in [6, 6.07) is 17.0. The molecule has 3 aromatic heterocycles.